The smallest absolute Gasteiger partial charge is 0.458 e. The van der Waals surface area contributed by atoms with Crippen molar-refractivity contribution in [3.05, 3.63) is 233 Å². The standard InChI is InChI=1S/C21H17N3O.C12H11BO3.C9H8BrN3.C7H6Br2/c1-2-9-19(10-3-1)25-21-12-5-4-11-20(21)18-8-6-7-17(13-18)14-24-16-22-15-23-24;14-13(15)11-8-4-5-9-12(11)16-10-6-2-1-3-7-10;10-9-3-1-2-8(4-9)5-13-7-11-6-12-13;8-5-6-2-1-3-7(9)4-6/h1-13,15-16H,14H2;1-9,14-15H;1-4,6-7H,5H2;1-4H,5H2. The summed E-state index contributed by atoms with van der Waals surface area (Å²) in [6.07, 6.45) is 6.52. The molecule has 316 valence electrons. The van der Waals surface area contributed by atoms with Crippen LogP contribution in [0.25, 0.3) is 11.1 Å². The molecule has 0 bridgehead atoms. The lowest BCUT2D eigenvalue weighted by molar-refractivity contribution is 0.420. The van der Waals surface area contributed by atoms with E-state index in [4.69, 9.17) is 19.5 Å². The zero-order valence-corrected chi connectivity index (χ0v) is 38.6. The molecular formula is C49H42BBr3N6O4. The zero-order valence-electron chi connectivity index (χ0n) is 33.9. The Balaban J connectivity index is 0.000000150. The van der Waals surface area contributed by atoms with E-state index >= 15 is 0 Å². The van der Waals surface area contributed by atoms with E-state index in [1.807, 2.05) is 95.7 Å². The first-order valence-electron chi connectivity index (χ1n) is 19.6. The number of halogens is 3. The van der Waals surface area contributed by atoms with E-state index in [1.165, 1.54) is 17.5 Å². The van der Waals surface area contributed by atoms with Crippen molar-refractivity contribution >= 4 is 60.4 Å². The Morgan fingerprint density at radius 1 is 0.492 bits per heavy atom. The minimum Gasteiger partial charge on any atom is -0.458 e. The summed E-state index contributed by atoms with van der Waals surface area (Å²) < 4.78 is 17.5. The Bertz CT molecular complexity index is 2700. The monoisotopic (exact) mass is 1030 g/mol. The van der Waals surface area contributed by atoms with Crippen LogP contribution < -0.4 is 14.9 Å². The molecule has 0 atom stereocenters. The lowest BCUT2D eigenvalue weighted by Gasteiger charge is -2.12. The van der Waals surface area contributed by atoms with Crippen LogP contribution in [0.4, 0.5) is 0 Å². The lowest BCUT2D eigenvalue weighted by Crippen LogP contribution is -2.30. The highest BCUT2D eigenvalue weighted by Crippen LogP contribution is 2.33. The van der Waals surface area contributed by atoms with Gasteiger partial charge in [0.25, 0.3) is 0 Å². The Morgan fingerprint density at radius 3 is 1.49 bits per heavy atom. The molecule has 0 unspecified atom stereocenters. The SMILES string of the molecule is BrCc1cccc(Br)c1.Brc1cccc(Cn2cncn2)c1.OB(O)c1ccccc1Oc1ccccc1.c1ccc(Oc2ccccc2-c2cccc(Cn3cncn3)c2)cc1. The van der Waals surface area contributed by atoms with Crippen LogP contribution in [0, 0.1) is 0 Å². The molecule has 0 saturated carbocycles. The first-order valence-corrected chi connectivity index (χ1v) is 22.3. The molecule has 0 amide bonds. The zero-order chi connectivity index (χ0) is 44.1. The van der Waals surface area contributed by atoms with Gasteiger partial charge in [-0.2, -0.15) is 10.2 Å². The van der Waals surface area contributed by atoms with E-state index < -0.39 is 7.12 Å². The van der Waals surface area contributed by atoms with Gasteiger partial charge in [0.2, 0.25) is 0 Å². The van der Waals surface area contributed by atoms with Crippen molar-refractivity contribution in [3.8, 4) is 34.1 Å². The predicted molar refractivity (Wildman–Crippen MR) is 260 cm³/mol. The highest BCUT2D eigenvalue weighted by molar-refractivity contribution is 9.10. The highest BCUT2D eigenvalue weighted by Gasteiger charge is 2.16. The number of hydrogen-bond acceptors (Lipinski definition) is 8. The van der Waals surface area contributed by atoms with Crippen LogP contribution in [0.5, 0.6) is 23.0 Å². The Morgan fingerprint density at radius 2 is 0.968 bits per heavy atom. The van der Waals surface area contributed by atoms with E-state index in [1.54, 1.807) is 60.1 Å². The molecule has 2 heterocycles. The van der Waals surface area contributed by atoms with Crippen LogP contribution in [0.15, 0.2) is 216 Å². The van der Waals surface area contributed by atoms with Gasteiger partial charge in [-0.15, -0.1) is 0 Å². The minimum atomic E-state index is -1.53. The van der Waals surface area contributed by atoms with Gasteiger partial charge in [-0.1, -0.05) is 163 Å². The average molecular weight is 1030 g/mol. The third kappa shape index (κ3) is 15.6. The van der Waals surface area contributed by atoms with Crippen LogP contribution >= 0.6 is 47.8 Å². The first kappa shape index (κ1) is 46.4. The molecule has 0 aliphatic rings. The van der Waals surface area contributed by atoms with Crippen molar-refractivity contribution in [3.63, 3.8) is 0 Å². The molecular weight excluding hydrogens is 987 g/mol. The maximum atomic E-state index is 9.16. The fraction of sp³-hybridized carbons (Fsp3) is 0.0612. The fourth-order valence-corrected chi connectivity index (χ4v) is 7.15. The summed E-state index contributed by atoms with van der Waals surface area (Å²) in [5.41, 5.74) is 6.20. The molecule has 9 rings (SSSR count). The van der Waals surface area contributed by atoms with Gasteiger partial charge in [0.1, 0.15) is 48.3 Å². The lowest BCUT2D eigenvalue weighted by atomic mass is 9.79. The number of rotatable bonds is 11. The van der Waals surface area contributed by atoms with E-state index in [2.05, 4.69) is 123 Å². The number of benzene rings is 7. The molecule has 0 fully saturated rings. The summed E-state index contributed by atoms with van der Waals surface area (Å²) in [5, 5.41) is 27.4. The van der Waals surface area contributed by atoms with Crippen LogP contribution in [0.1, 0.15) is 16.7 Å². The summed E-state index contributed by atoms with van der Waals surface area (Å²) in [5.74, 6) is 2.78. The molecule has 63 heavy (non-hydrogen) atoms. The summed E-state index contributed by atoms with van der Waals surface area (Å²) in [4.78, 5) is 7.87. The molecule has 0 saturated heterocycles. The van der Waals surface area contributed by atoms with Crippen molar-refractivity contribution in [2.45, 2.75) is 18.4 Å². The van der Waals surface area contributed by atoms with E-state index in [0.717, 1.165) is 49.0 Å². The van der Waals surface area contributed by atoms with Crippen molar-refractivity contribution in [2.75, 3.05) is 0 Å². The topological polar surface area (TPSA) is 120 Å². The summed E-state index contributed by atoms with van der Waals surface area (Å²) >= 11 is 10.2. The van der Waals surface area contributed by atoms with Crippen LogP contribution in [0.3, 0.4) is 0 Å². The Labute approximate surface area is 392 Å². The minimum absolute atomic E-state index is 0.353. The van der Waals surface area contributed by atoms with Crippen LogP contribution in [-0.2, 0) is 18.4 Å². The van der Waals surface area contributed by atoms with Gasteiger partial charge in [-0.3, -0.25) is 0 Å². The van der Waals surface area contributed by atoms with Crippen LogP contribution in [-0.4, -0.2) is 46.7 Å². The first-order chi connectivity index (χ1) is 30.8. The number of para-hydroxylation sites is 4. The molecule has 10 nitrogen and oxygen atoms in total. The number of nitrogens with zero attached hydrogens (tertiary/aromatic N) is 6. The summed E-state index contributed by atoms with van der Waals surface area (Å²) in [7, 11) is -1.53. The molecule has 0 aliphatic carbocycles. The number of alkyl halides is 1. The van der Waals surface area contributed by atoms with Crippen molar-refractivity contribution in [2.24, 2.45) is 0 Å². The quantitative estimate of drug-likeness (QED) is 0.0971. The second-order valence-electron chi connectivity index (χ2n) is 13.5. The molecule has 14 heteroatoms. The van der Waals surface area contributed by atoms with Gasteiger partial charge in [-0.05, 0) is 89.0 Å². The second kappa shape index (κ2) is 25.1. The maximum Gasteiger partial charge on any atom is 0.492 e. The van der Waals surface area contributed by atoms with E-state index in [9.17, 15) is 0 Å². The maximum absolute atomic E-state index is 9.16. The van der Waals surface area contributed by atoms with Crippen molar-refractivity contribution < 1.29 is 19.5 Å². The van der Waals surface area contributed by atoms with Gasteiger partial charge in [0.15, 0.2) is 0 Å². The third-order valence-electron chi connectivity index (χ3n) is 8.82. The molecule has 0 spiro atoms. The Kier molecular flexibility index (Phi) is 18.4. The number of aromatic nitrogens is 6. The second-order valence-corrected chi connectivity index (χ2v) is 15.9. The normalized spacial score (nSPS) is 10.2. The summed E-state index contributed by atoms with van der Waals surface area (Å²) in [6, 6.07) is 58.7. The largest absolute Gasteiger partial charge is 0.492 e. The Hall–Kier alpha value is -6.16. The predicted octanol–water partition coefficient (Wildman–Crippen LogP) is 11.4. The van der Waals surface area contributed by atoms with Gasteiger partial charge < -0.3 is 19.5 Å². The van der Waals surface area contributed by atoms with Crippen molar-refractivity contribution in [1.29, 1.82) is 0 Å². The molecule has 2 aromatic heterocycles. The van der Waals surface area contributed by atoms with Crippen molar-refractivity contribution in [1.82, 2.24) is 29.5 Å². The number of hydrogen-bond donors (Lipinski definition) is 2. The fourth-order valence-electron chi connectivity index (χ4n) is 5.91. The van der Waals surface area contributed by atoms with Gasteiger partial charge in [0.05, 0.1) is 13.1 Å². The number of ether oxygens (including phenoxy) is 2. The highest BCUT2D eigenvalue weighted by atomic mass is 79.9. The van der Waals surface area contributed by atoms with Gasteiger partial charge >= 0.3 is 7.12 Å². The summed E-state index contributed by atoms with van der Waals surface area (Å²) in [6.45, 7) is 1.45. The molecule has 9 aromatic rings. The van der Waals surface area contributed by atoms with E-state index in [0.29, 0.717) is 23.5 Å². The molecule has 7 aromatic carbocycles. The molecule has 0 aliphatic heterocycles. The molecule has 2 N–H and O–H groups in total. The van der Waals surface area contributed by atoms with Gasteiger partial charge in [-0.25, -0.2) is 19.3 Å². The van der Waals surface area contributed by atoms with Crippen LogP contribution in [0.2, 0.25) is 0 Å². The van der Waals surface area contributed by atoms with E-state index in [-0.39, 0.29) is 0 Å². The third-order valence-corrected chi connectivity index (χ3v) is 10.5. The van der Waals surface area contributed by atoms with Gasteiger partial charge in [0, 0.05) is 25.3 Å². The average Bonchev–Trinajstić information content (AvgIpc) is 4.03. The molecule has 0 radical (unpaired) electrons.